The van der Waals surface area contributed by atoms with Crippen molar-refractivity contribution in [1.82, 2.24) is 4.90 Å². The lowest BCUT2D eigenvalue weighted by Crippen LogP contribution is -2.44. The molecule has 106 valence electrons. The van der Waals surface area contributed by atoms with Crippen LogP contribution in [0.5, 0.6) is 0 Å². The van der Waals surface area contributed by atoms with E-state index in [1.807, 2.05) is 0 Å². The molecule has 1 heterocycles. The molecule has 0 aromatic heterocycles. The molecule has 0 bridgehead atoms. The second-order valence-corrected chi connectivity index (χ2v) is 6.30. The van der Waals surface area contributed by atoms with E-state index < -0.39 is 0 Å². The third-order valence-corrected chi connectivity index (χ3v) is 4.67. The van der Waals surface area contributed by atoms with E-state index in [-0.39, 0.29) is 5.41 Å². The van der Waals surface area contributed by atoms with Gasteiger partial charge in [0.1, 0.15) is 5.78 Å². The third-order valence-electron chi connectivity index (χ3n) is 4.67. The Labute approximate surface area is 117 Å². The molecule has 1 unspecified atom stereocenters. The van der Waals surface area contributed by atoms with E-state index in [0.29, 0.717) is 11.7 Å². The molecular weight excluding hydrogens is 234 g/mol. The summed E-state index contributed by atoms with van der Waals surface area (Å²) in [4.78, 5) is 15.1. The van der Waals surface area contributed by atoms with Gasteiger partial charge in [0.25, 0.3) is 0 Å². The van der Waals surface area contributed by atoms with Crippen molar-refractivity contribution in [3.05, 3.63) is 23.8 Å². The number of carbonyl (C=O) groups excluding carboxylic acids is 1. The average Bonchev–Trinajstić information content (AvgIpc) is 2.40. The number of likely N-dealkylation sites (tertiary alicyclic amines) is 1. The Morgan fingerprint density at radius 2 is 2.11 bits per heavy atom. The highest BCUT2D eigenvalue weighted by molar-refractivity contribution is 5.88. The number of hydrogen-bond donors (Lipinski definition) is 0. The van der Waals surface area contributed by atoms with Crippen LogP contribution in [0.4, 0.5) is 0 Å². The van der Waals surface area contributed by atoms with Crippen molar-refractivity contribution >= 4 is 5.78 Å². The number of ketones is 1. The van der Waals surface area contributed by atoms with Crippen molar-refractivity contribution in [3.63, 3.8) is 0 Å². The number of carbonyl (C=O) groups is 1. The Bertz CT molecular complexity index is 386. The highest BCUT2D eigenvalue weighted by Gasteiger charge is 2.42. The fraction of sp³-hybridized carbons (Fsp3) is 0.706. The maximum atomic E-state index is 12.7. The molecule has 1 saturated heterocycles. The smallest absolute Gasteiger partial charge is 0.143 e. The SMILES string of the molecule is CCCC(=O)C1(C2=CC(C)CC=C2)CCN(C)CC1. The Hall–Kier alpha value is -0.890. The Balaban J connectivity index is 2.29. The first-order valence-electron chi connectivity index (χ1n) is 7.69. The quantitative estimate of drug-likeness (QED) is 0.771. The largest absolute Gasteiger partial charge is 0.306 e. The lowest BCUT2D eigenvalue weighted by Gasteiger charge is -2.41. The molecule has 0 saturated carbocycles. The van der Waals surface area contributed by atoms with Crippen molar-refractivity contribution in [1.29, 1.82) is 0 Å². The summed E-state index contributed by atoms with van der Waals surface area (Å²) >= 11 is 0. The second kappa shape index (κ2) is 6.04. The summed E-state index contributed by atoms with van der Waals surface area (Å²) in [6.07, 6.45) is 11.6. The molecule has 1 aliphatic heterocycles. The first-order valence-corrected chi connectivity index (χ1v) is 7.69. The Morgan fingerprint density at radius 3 is 2.68 bits per heavy atom. The maximum Gasteiger partial charge on any atom is 0.143 e. The van der Waals surface area contributed by atoms with E-state index in [1.165, 1.54) is 5.57 Å². The van der Waals surface area contributed by atoms with Crippen molar-refractivity contribution in [2.75, 3.05) is 20.1 Å². The number of piperidine rings is 1. The Morgan fingerprint density at radius 1 is 1.42 bits per heavy atom. The fourth-order valence-electron chi connectivity index (χ4n) is 3.35. The summed E-state index contributed by atoms with van der Waals surface area (Å²) in [6.45, 7) is 6.43. The highest BCUT2D eigenvalue weighted by atomic mass is 16.1. The molecule has 0 radical (unpaired) electrons. The van der Waals surface area contributed by atoms with Crippen LogP contribution in [-0.4, -0.2) is 30.8 Å². The van der Waals surface area contributed by atoms with Crippen molar-refractivity contribution < 1.29 is 4.79 Å². The van der Waals surface area contributed by atoms with E-state index in [2.05, 4.69) is 44.0 Å². The minimum absolute atomic E-state index is 0.187. The van der Waals surface area contributed by atoms with Crippen LogP contribution in [0.3, 0.4) is 0 Å². The first kappa shape index (κ1) is 14.5. The number of hydrogen-bond acceptors (Lipinski definition) is 2. The van der Waals surface area contributed by atoms with E-state index >= 15 is 0 Å². The second-order valence-electron chi connectivity index (χ2n) is 6.30. The minimum Gasteiger partial charge on any atom is -0.306 e. The van der Waals surface area contributed by atoms with E-state index in [4.69, 9.17) is 0 Å². The summed E-state index contributed by atoms with van der Waals surface area (Å²) in [5.74, 6) is 1.04. The van der Waals surface area contributed by atoms with Gasteiger partial charge in [-0.1, -0.05) is 32.1 Å². The predicted octanol–water partition coefficient (Wildman–Crippen LogP) is 3.59. The predicted molar refractivity (Wildman–Crippen MR) is 80.1 cm³/mol. The number of Topliss-reactive ketones (excluding diaryl/α,β-unsaturated/α-hetero) is 1. The van der Waals surface area contributed by atoms with Crippen LogP contribution < -0.4 is 0 Å². The zero-order chi connectivity index (χ0) is 13.9. The topological polar surface area (TPSA) is 20.3 Å². The zero-order valence-electron chi connectivity index (χ0n) is 12.6. The molecule has 1 atom stereocenters. The third kappa shape index (κ3) is 3.00. The standard InChI is InChI=1S/C17H27NO/c1-4-6-16(19)17(9-11-18(3)12-10-17)15-8-5-7-14(2)13-15/h5,8,13-14H,4,6-7,9-12H2,1-3H3. The minimum atomic E-state index is -0.187. The van der Waals surface area contributed by atoms with Gasteiger partial charge >= 0.3 is 0 Å². The van der Waals surface area contributed by atoms with Crippen LogP contribution >= 0.6 is 0 Å². The average molecular weight is 261 g/mol. The van der Waals surface area contributed by atoms with Crippen LogP contribution in [-0.2, 0) is 4.79 Å². The van der Waals surface area contributed by atoms with E-state index in [1.54, 1.807) is 0 Å². The molecule has 2 rings (SSSR count). The van der Waals surface area contributed by atoms with Gasteiger partial charge in [-0.05, 0) is 57.3 Å². The number of allylic oxidation sites excluding steroid dienone is 4. The zero-order valence-corrected chi connectivity index (χ0v) is 12.6. The van der Waals surface area contributed by atoms with Gasteiger partial charge in [-0.3, -0.25) is 4.79 Å². The summed E-state index contributed by atoms with van der Waals surface area (Å²) in [7, 11) is 2.15. The molecule has 1 fully saturated rings. The molecule has 1 aliphatic carbocycles. The lowest BCUT2D eigenvalue weighted by atomic mass is 9.66. The van der Waals surface area contributed by atoms with Crippen molar-refractivity contribution in [2.24, 2.45) is 11.3 Å². The van der Waals surface area contributed by atoms with E-state index in [0.717, 1.165) is 45.2 Å². The molecule has 19 heavy (non-hydrogen) atoms. The van der Waals surface area contributed by atoms with Gasteiger partial charge in [-0.25, -0.2) is 0 Å². The molecule has 0 spiro atoms. The number of rotatable bonds is 4. The molecule has 0 aromatic carbocycles. The molecule has 2 aliphatic rings. The van der Waals surface area contributed by atoms with Gasteiger partial charge in [-0.2, -0.15) is 0 Å². The summed E-state index contributed by atoms with van der Waals surface area (Å²) in [5, 5.41) is 0. The molecular formula is C17H27NO. The highest BCUT2D eigenvalue weighted by Crippen LogP contribution is 2.43. The van der Waals surface area contributed by atoms with Gasteiger partial charge < -0.3 is 4.90 Å². The molecule has 0 aromatic rings. The molecule has 0 N–H and O–H groups in total. The summed E-state index contributed by atoms with van der Waals surface area (Å²) in [5.41, 5.74) is 1.12. The van der Waals surface area contributed by atoms with Crippen molar-refractivity contribution in [3.8, 4) is 0 Å². The summed E-state index contributed by atoms with van der Waals surface area (Å²) < 4.78 is 0. The molecule has 2 heteroatoms. The Kier molecular flexibility index (Phi) is 4.62. The van der Waals surface area contributed by atoms with E-state index in [9.17, 15) is 4.79 Å². The maximum absolute atomic E-state index is 12.7. The van der Waals surface area contributed by atoms with Gasteiger partial charge in [0.15, 0.2) is 0 Å². The van der Waals surface area contributed by atoms with Gasteiger partial charge in [0.2, 0.25) is 0 Å². The fourth-order valence-corrected chi connectivity index (χ4v) is 3.35. The van der Waals surface area contributed by atoms with Crippen LogP contribution in [0.15, 0.2) is 23.8 Å². The van der Waals surface area contributed by atoms with Gasteiger partial charge in [0.05, 0.1) is 5.41 Å². The molecule has 2 nitrogen and oxygen atoms in total. The van der Waals surface area contributed by atoms with Crippen LogP contribution in [0.1, 0.15) is 46.0 Å². The number of nitrogens with zero attached hydrogens (tertiary/aromatic N) is 1. The normalized spacial score (nSPS) is 27.1. The van der Waals surface area contributed by atoms with Gasteiger partial charge in [-0.15, -0.1) is 0 Å². The van der Waals surface area contributed by atoms with Crippen LogP contribution in [0.25, 0.3) is 0 Å². The van der Waals surface area contributed by atoms with Crippen LogP contribution in [0.2, 0.25) is 0 Å². The van der Waals surface area contributed by atoms with Crippen LogP contribution in [0, 0.1) is 11.3 Å². The lowest BCUT2D eigenvalue weighted by molar-refractivity contribution is -0.128. The van der Waals surface area contributed by atoms with Gasteiger partial charge in [0, 0.05) is 6.42 Å². The van der Waals surface area contributed by atoms with Crippen molar-refractivity contribution in [2.45, 2.75) is 46.0 Å². The summed E-state index contributed by atoms with van der Waals surface area (Å²) in [6, 6.07) is 0. The first-order chi connectivity index (χ1) is 9.08. The molecule has 0 amide bonds. The monoisotopic (exact) mass is 261 g/mol.